The van der Waals surface area contributed by atoms with Crippen LogP contribution < -0.4 is 5.73 Å². The Morgan fingerprint density at radius 3 is 1.60 bits per heavy atom. The molecule has 2 atom stereocenters. The molecule has 172 valence electrons. The van der Waals surface area contributed by atoms with Gasteiger partial charge in [-0.1, -0.05) is 30.3 Å². The molecule has 0 aliphatic heterocycles. The zero-order chi connectivity index (χ0) is 22.8. The number of ether oxygens (including phenoxy) is 1. The summed E-state index contributed by atoms with van der Waals surface area (Å²) in [5, 5.41) is -1.48. The molecule has 2 N–H and O–H groups in total. The smallest absolute Gasteiger partial charge is 0.346 e. The van der Waals surface area contributed by atoms with E-state index in [-0.39, 0.29) is 26.4 Å². The van der Waals surface area contributed by atoms with Gasteiger partial charge in [-0.15, -0.1) is 0 Å². The second-order valence-corrected chi connectivity index (χ2v) is 10.9. The number of nitrogens with two attached hydrogens (primary N) is 1. The van der Waals surface area contributed by atoms with Gasteiger partial charge in [0.1, 0.15) is 6.04 Å². The van der Waals surface area contributed by atoms with Gasteiger partial charge in [0.2, 0.25) is 0 Å². The first-order valence-electron chi connectivity index (χ1n) is 9.90. The van der Waals surface area contributed by atoms with Crippen LogP contribution in [-0.2, 0) is 36.8 Å². The van der Waals surface area contributed by atoms with Crippen LogP contribution in [0.4, 0.5) is 0 Å². The maximum atomic E-state index is 14.0. The normalized spacial score (nSPS) is 14.5. The van der Waals surface area contributed by atoms with Gasteiger partial charge in [-0.2, -0.15) is 0 Å². The molecule has 1 aromatic carbocycles. The van der Waals surface area contributed by atoms with Crippen LogP contribution >= 0.6 is 15.2 Å². The van der Waals surface area contributed by atoms with Crippen molar-refractivity contribution in [3.8, 4) is 0 Å². The molecular formula is C19H33NO8P2. The summed E-state index contributed by atoms with van der Waals surface area (Å²) in [5.74, 6) is -1.86. The molecule has 1 rings (SSSR count). The standard InChI is InChI=1S/C19H33NO8P2/c1-6-25-29(22,26-7-2)19(30(23,27-8-3)28-9-4)16(17(20)18(21)24-5)15-13-11-10-12-14-15/h10-14,16-17,19H,6-9,20H2,1-5H3/t16-,17+/m0/s1. The molecule has 0 aliphatic carbocycles. The number of hydrogen-bond acceptors (Lipinski definition) is 9. The number of rotatable bonds is 14. The SMILES string of the molecule is CCOP(=O)(OCC)C([C@@H](c1ccccc1)[C@@H](N)C(=O)OC)P(=O)(OCC)OCC. The zero-order valence-electron chi connectivity index (χ0n) is 18.2. The van der Waals surface area contributed by atoms with E-state index >= 15 is 0 Å². The van der Waals surface area contributed by atoms with Gasteiger partial charge in [0, 0.05) is 5.92 Å². The fourth-order valence-electron chi connectivity index (χ4n) is 3.19. The molecule has 0 aromatic heterocycles. The topological polar surface area (TPSA) is 123 Å². The fraction of sp³-hybridized carbons (Fsp3) is 0.632. The summed E-state index contributed by atoms with van der Waals surface area (Å²) in [6.07, 6.45) is 0. The van der Waals surface area contributed by atoms with Crippen molar-refractivity contribution in [1.82, 2.24) is 0 Å². The van der Waals surface area contributed by atoms with Crippen LogP contribution in [0.1, 0.15) is 39.2 Å². The Morgan fingerprint density at radius 1 is 0.867 bits per heavy atom. The Morgan fingerprint density at radius 2 is 1.27 bits per heavy atom. The Hall–Kier alpha value is -1.05. The predicted octanol–water partition coefficient (Wildman–Crippen LogP) is 4.13. The van der Waals surface area contributed by atoms with E-state index in [1.165, 1.54) is 7.11 Å². The lowest BCUT2D eigenvalue weighted by atomic mass is 9.93. The van der Waals surface area contributed by atoms with E-state index in [4.69, 9.17) is 28.6 Å². The van der Waals surface area contributed by atoms with Crippen LogP contribution in [0.25, 0.3) is 0 Å². The highest BCUT2D eigenvalue weighted by atomic mass is 31.2. The number of benzene rings is 1. The van der Waals surface area contributed by atoms with Crippen molar-refractivity contribution in [1.29, 1.82) is 0 Å². The summed E-state index contributed by atoms with van der Waals surface area (Å²) in [7, 11) is -7.08. The molecule has 0 heterocycles. The number of hydrogen-bond donors (Lipinski definition) is 1. The number of carbonyl (C=O) groups is 1. The number of esters is 1. The van der Waals surface area contributed by atoms with Crippen LogP contribution in [-0.4, -0.2) is 50.9 Å². The molecule has 0 fully saturated rings. The molecule has 0 aliphatic rings. The monoisotopic (exact) mass is 465 g/mol. The molecule has 11 heteroatoms. The van der Waals surface area contributed by atoms with Crippen molar-refractivity contribution < 1.29 is 36.8 Å². The van der Waals surface area contributed by atoms with E-state index < -0.39 is 38.5 Å². The third kappa shape index (κ3) is 6.47. The van der Waals surface area contributed by atoms with Crippen molar-refractivity contribution in [2.45, 2.75) is 45.1 Å². The quantitative estimate of drug-likeness (QED) is 0.319. The first kappa shape index (κ1) is 27.0. The van der Waals surface area contributed by atoms with E-state index in [1.807, 2.05) is 0 Å². The minimum atomic E-state index is -4.14. The van der Waals surface area contributed by atoms with E-state index in [9.17, 15) is 13.9 Å². The maximum Gasteiger partial charge on any atom is 0.346 e. The Balaban J connectivity index is 3.85. The van der Waals surface area contributed by atoms with E-state index in [1.54, 1.807) is 58.0 Å². The lowest BCUT2D eigenvalue weighted by Crippen LogP contribution is -2.43. The minimum absolute atomic E-state index is 0.0149. The Kier molecular flexibility index (Phi) is 11.4. The molecule has 0 radical (unpaired) electrons. The van der Waals surface area contributed by atoms with Crippen LogP contribution in [0.2, 0.25) is 0 Å². The first-order chi connectivity index (χ1) is 14.2. The molecule has 0 bridgehead atoms. The minimum Gasteiger partial charge on any atom is -0.468 e. The number of carbonyl (C=O) groups excluding carboxylic acids is 1. The van der Waals surface area contributed by atoms with Gasteiger partial charge < -0.3 is 28.6 Å². The molecule has 1 aromatic rings. The summed E-state index contributed by atoms with van der Waals surface area (Å²) >= 11 is 0. The summed E-state index contributed by atoms with van der Waals surface area (Å²) in [6, 6.07) is 7.26. The van der Waals surface area contributed by atoms with E-state index in [2.05, 4.69) is 0 Å². The molecule has 0 amide bonds. The highest BCUT2D eigenvalue weighted by molar-refractivity contribution is 7.72. The van der Waals surface area contributed by atoms with Gasteiger partial charge in [-0.05, 0) is 33.3 Å². The lowest BCUT2D eigenvalue weighted by Gasteiger charge is -2.38. The summed E-state index contributed by atoms with van der Waals surface area (Å²) in [4.78, 5) is 12.4. The summed E-state index contributed by atoms with van der Waals surface area (Å²) < 4.78 is 54.9. The largest absolute Gasteiger partial charge is 0.468 e. The molecule has 0 spiro atoms. The Bertz CT molecular complexity index is 695. The van der Waals surface area contributed by atoms with E-state index in [0.29, 0.717) is 5.56 Å². The van der Waals surface area contributed by atoms with Crippen molar-refractivity contribution in [3.63, 3.8) is 0 Å². The van der Waals surface area contributed by atoms with Crippen molar-refractivity contribution in [3.05, 3.63) is 35.9 Å². The third-order valence-electron chi connectivity index (χ3n) is 4.25. The zero-order valence-corrected chi connectivity index (χ0v) is 20.0. The predicted molar refractivity (Wildman–Crippen MR) is 115 cm³/mol. The fourth-order valence-corrected chi connectivity index (χ4v) is 9.08. The molecule has 0 saturated heterocycles. The van der Waals surface area contributed by atoms with Crippen LogP contribution in [0.15, 0.2) is 30.3 Å². The lowest BCUT2D eigenvalue weighted by molar-refractivity contribution is -0.142. The van der Waals surface area contributed by atoms with Gasteiger partial charge in [0.25, 0.3) is 0 Å². The van der Waals surface area contributed by atoms with Crippen LogP contribution in [0, 0.1) is 0 Å². The Labute approximate surface area is 178 Å². The van der Waals surface area contributed by atoms with Crippen molar-refractivity contribution in [2.75, 3.05) is 33.5 Å². The summed E-state index contributed by atoms with van der Waals surface area (Å²) in [6.45, 7) is 6.59. The van der Waals surface area contributed by atoms with E-state index in [0.717, 1.165) is 0 Å². The maximum absolute atomic E-state index is 14.0. The molecule has 30 heavy (non-hydrogen) atoms. The first-order valence-corrected chi connectivity index (χ1v) is 13.1. The number of methoxy groups -OCH3 is 1. The van der Waals surface area contributed by atoms with Gasteiger partial charge >= 0.3 is 21.2 Å². The third-order valence-corrected chi connectivity index (χ3v) is 10.4. The van der Waals surface area contributed by atoms with Crippen molar-refractivity contribution >= 4 is 21.2 Å². The highest BCUT2D eigenvalue weighted by Crippen LogP contribution is 2.74. The molecule has 9 nitrogen and oxygen atoms in total. The molecular weight excluding hydrogens is 432 g/mol. The van der Waals surface area contributed by atoms with Gasteiger partial charge in [-0.25, -0.2) is 0 Å². The van der Waals surface area contributed by atoms with Gasteiger partial charge in [-0.3, -0.25) is 13.9 Å². The highest BCUT2D eigenvalue weighted by Gasteiger charge is 2.57. The summed E-state index contributed by atoms with van der Waals surface area (Å²) in [5.41, 5.74) is 6.74. The van der Waals surface area contributed by atoms with Crippen LogP contribution in [0.3, 0.4) is 0 Å². The van der Waals surface area contributed by atoms with Crippen molar-refractivity contribution in [2.24, 2.45) is 5.73 Å². The second-order valence-electron chi connectivity index (χ2n) is 6.15. The molecule has 0 saturated carbocycles. The average Bonchev–Trinajstić information content (AvgIpc) is 2.72. The van der Waals surface area contributed by atoms with Crippen LogP contribution in [0.5, 0.6) is 0 Å². The average molecular weight is 465 g/mol. The molecule has 0 unspecified atom stereocenters. The van der Waals surface area contributed by atoms with Gasteiger partial charge in [0.05, 0.1) is 33.5 Å². The second kappa shape index (κ2) is 12.7. The van der Waals surface area contributed by atoms with Gasteiger partial charge in [0.15, 0.2) is 5.40 Å².